The number of amides is 1. The summed E-state index contributed by atoms with van der Waals surface area (Å²) in [6.45, 7) is 9.52. The number of fused-ring (bicyclic) bond motifs is 1. The molecule has 0 aliphatic carbocycles. The standard InChI is InChI=1S/C15H20ClNO2/c1-7(2)13(18)9-6-10-12(8(3)11(9)16)17-14(19)15(10,4)5/h6-7,13,18H,1-5H3,(H,17,19). The number of rotatable bonds is 2. The Bertz CT molecular complexity index is 550. The lowest BCUT2D eigenvalue weighted by atomic mass is 9.83. The van der Waals surface area contributed by atoms with E-state index in [1.807, 2.05) is 40.7 Å². The monoisotopic (exact) mass is 281 g/mol. The third-order valence-electron chi connectivity index (χ3n) is 3.96. The van der Waals surface area contributed by atoms with Crippen LogP contribution < -0.4 is 5.32 Å². The zero-order chi connectivity index (χ0) is 14.5. The highest BCUT2D eigenvalue weighted by atomic mass is 35.5. The predicted molar refractivity (Wildman–Crippen MR) is 77.6 cm³/mol. The van der Waals surface area contributed by atoms with Gasteiger partial charge in [-0.05, 0) is 43.9 Å². The maximum absolute atomic E-state index is 12.0. The first kappa shape index (κ1) is 14.4. The molecule has 1 aliphatic heterocycles. The second-order valence-corrected chi connectivity index (χ2v) is 6.47. The number of aliphatic hydroxyl groups is 1. The van der Waals surface area contributed by atoms with Gasteiger partial charge >= 0.3 is 0 Å². The zero-order valence-corrected chi connectivity index (χ0v) is 12.7. The molecule has 0 bridgehead atoms. The number of hydrogen-bond acceptors (Lipinski definition) is 2. The van der Waals surface area contributed by atoms with E-state index in [2.05, 4.69) is 5.32 Å². The van der Waals surface area contributed by atoms with Crippen molar-refractivity contribution in [3.63, 3.8) is 0 Å². The fourth-order valence-corrected chi connectivity index (χ4v) is 2.70. The Hall–Kier alpha value is -1.06. The van der Waals surface area contributed by atoms with Crippen LogP contribution in [0.15, 0.2) is 6.07 Å². The Balaban J connectivity index is 2.67. The maximum atomic E-state index is 12.0. The molecule has 4 heteroatoms. The number of hydrogen-bond donors (Lipinski definition) is 2. The molecule has 1 aromatic rings. The second kappa shape index (κ2) is 4.50. The third kappa shape index (κ3) is 2.05. The van der Waals surface area contributed by atoms with E-state index < -0.39 is 11.5 Å². The summed E-state index contributed by atoms with van der Waals surface area (Å²) >= 11 is 6.35. The first-order valence-electron chi connectivity index (χ1n) is 6.51. The van der Waals surface area contributed by atoms with Gasteiger partial charge in [-0.15, -0.1) is 0 Å². The molecule has 1 unspecified atom stereocenters. The van der Waals surface area contributed by atoms with E-state index in [-0.39, 0.29) is 11.8 Å². The van der Waals surface area contributed by atoms with E-state index in [0.29, 0.717) is 10.6 Å². The quantitative estimate of drug-likeness (QED) is 0.871. The van der Waals surface area contributed by atoms with Crippen LogP contribution in [-0.4, -0.2) is 11.0 Å². The van der Waals surface area contributed by atoms with Crippen molar-refractivity contribution in [1.82, 2.24) is 0 Å². The van der Waals surface area contributed by atoms with E-state index >= 15 is 0 Å². The summed E-state index contributed by atoms with van der Waals surface area (Å²) in [5.41, 5.74) is 2.65. The molecular weight excluding hydrogens is 262 g/mol. The highest BCUT2D eigenvalue weighted by Crippen LogP contribution is 2.45. The average molecular weight is 282 g/mol. The molecule has 1 amide bonds. The number of carbonyl (C=O) groups is 1. The van der Waals surface area contributed by atoms with E-state index in [4.69, 9.17) is 11.6 Å². The molecule has 0 aromatic heterocycles. The molecule has 0 spiro atoms. The van der Waals surface area contributed by atoms with Crippen LogP contribution in [0.25, 0.3) is 0 Å². The average Bonchev–Trinajstić information content (AvgIpc) is 2.55. The molecule has 0 saturated heterocycles. The van der Waals surface area contributed by atoms with Crippen LogP contribution in [0.5, 0.6) is 0 Å². The zero-order valence-electron chi connectivity index (χ0n) is 12.0. The topological polar surface area (TPSA) is 49.3 Å². The lowest BCUT2D eigenvalue weighted by Gasteiger charge is -2.22. The van der Waals surface area contributed by atoms with Crippen molar-refractivity contribution in [1.29, 1.82) is 0 Å². The summed E-state index contributed by atoms with van der Waals surface area (Å²) in [6.07, 6.45) is -0.622. The molecule has 19 heavy (non-hydrogen) atoms. The maximum Gasteiger partial charge on any atom is 0.234 e. The lowest BCUT2D eigenvalue weighted by molar-refractivity contribution is -0.119. The molecule has 104 valence electrons. The largest absolute Gasteiger partial charge is 0.388 e. The Labute approximate surface area is 119 Å². The number of anilines is 1. The van der Waals surface area contributed by atoms with Gasteiger partial charge in [0, 0.05) is 11.3 Å². The predicted octanol–water partition coefficient (Wildman–Crippen LogP) is 3.57. The SMILES string of the molecule is Cc1c(Cl)c(C(O)C(C)C)cc2c1NC(=O)C2(C)C. The van der Waals surface area contributed by atoms with Gasteiger partial charge in [0.25, 0.3) is 0 Å². The van der Waals surface area contributed by atoms with E-state index in [9.17, 15) is 9.90 Å². The minimum absolute atomic E-state index is 0.0298. The number of nitrogens with one attached hydrogen (secondary N) is 1. The summed E-state index contributed by atoms with van der Waals surface area (Å²) < 4.78 is 0. The second-order valence-electron chi connectivity index (χ2n) is 6.10. The molecule has 0 radical (unpaired) electrons. The Morgan fingerprint density at radius 1 is 1.37 bits per heavy atom. The molecule has 0 saturated carbocycles. The summed E-state index contributed by atoms with van der Waals surface area (Å²) in [4.78, 5) is 12.0. The van der Waals surface area contributed by atoms with Gasteiger partial charge in [0.15, 0.2) is 0 Å². The first-order chi connectivity index (χ1) is 8.67. The number of aliphatic hydroxyl groups excluding tert-OH is 1. The molecule has 2 N–H and O–H groups in total. The van der Waals surface area contributed by atoms with Crippen LogP contribution in [0, 0.1) is 12.8 Å². The van der Waals surface area contributed by atoms with Crippen molar-refractivity contribution < 1.29 is 9.90 Å². The van der Waals surface area contributed by atoms with E-state index in [0.717, 1.165) is 16.8 Å². The van der Waals surface area contributed by atoms with Crippen LogP contribution in [0.2, 0.25) is 5.02 Å². The minimum Gasteiger partial charge on any atom is -0.388 e. The Morgan fingerprint density at radius 3 is 2.47 bits per heavy atom. The van der Waals surface area contributed by atoms with Crippen molar-refractivity contribution in [3.05, 3.63) is 27.8 Å². The summed E-state index contributed by atoms with van der Waals surface area (Å²) in [7, 11) is 0. The van der Waals surface area contributed by atoms with Gasteiger partial charge in [0.2, 0.25) is 5.91 Å². The van der Waals surface area contributed by atoms with Gasteiger partial charge in [0.1, 0.15) is 0 Å². The van der Waals surface area contributed by atoms with Crippen LogP contribution in [0.3, 0.4) is 0 Å². The van der Waals surface area contributed by atoms with Crippen molar-refractivity contribution in [2.24, 2.45) is 5.92 Å². The van der Waals surface area contributed by atoms with Gasteiger partial charge in [-0.2, -0.15) is 0 Å². The van der Waals surface area contributed by atoms with Crippen molar-refractivity contribution >= 4 is 23.2 Å². The molecule has 0 fully saturated rings. The smallest absolute Gasteiger partial charge is 0.234 e. The molecule has 1 heterocycles. The van der Waals surface area contributed by atoms with E-state index in [1.165, 1.54) is 0 Å². The van der Waals surface area contributed by atoms with Crippen LogP contribution in [-0.2, 0) is 10.2 Å². The fraction of sp³-hybridized carbons (Fsp3) is 0.533. The van der Waals surface area contributed by atoms with Crippen LogP contribution in [0.4, 0.5) is 5.69 Å². The summed E-state index contributed by atoms with van der Waals surface area (Å²) in [5.74, 6) is 0.0426. The molecule has 2 rings (SSSR count). The highest BCUT2D eigenvalue weighted by molar-refractivity contribution is 6.33. The highest BCUT2D eigenvalue weighted by Gasteiger charge is 2.40. The molecule has 1 aromatic carbocycles. The Morgan fingerprint density at radius 2 is 1.95 bits per heavy atom. The lowest BCUT2D eigenvalue weighted by Crippen LogP contribution is -2.27. The number of benzene rings is 1. The Kier molecular flexibility index (Phi) is 3.40. The van der Waals surface area contributed by atoms with E-state index in [1.54, 1.807) is 0 Å². The van der Waals surface area contributed by atoms with Gasteiger partial charge in [-0.25, -0.2) is 0 Å². The number of carbonyl (C=O) groups excluding carboxylic acids is 1. The number of halogens is 1. The van der Waals surface area contributed by atoms with Crippen molar-refractivity contribution in [3.8, 4) is 0 Å². The molecular formula is C15H20ClNO2. The molecule has 1 atom stereocenters. The molecule has 1 aliphatic rings. The van der Waals surface area contributed by atoms with Gasteiger partial charge in [0.05, 0.1) is 16.5 Å². The molecule has 3 nitrogen and oxygen atoms in total. The van der Waals surface area contributed by atoms with Crippen molar-refractivity contribution in [2.75, 3.05) is 5.32 Å². The summed E-state index contributed by atoms with van der Waals surface area (Å²) in [5, 5.41) is 13.7. The van der Waals surface area contributed by atoms with Gasteiger partial charge in [-0.1, -0.05) is 25.4 Å². The third-order valence-corrected chi connectivity index (χ3v) is 4.46. The summed E-state index contributed by atoms with van der Waals surface area (Å²) in [6, 6.07) is 1.87. The van der Waals surface area contributed by atoms with Crippen LogP contribution >= 0.6 is 11.6 Å². The minimum atomic E-state index is -0.622. The first-order valence-corrected chi connectivity index (χ1v) is 6.88. The van der Waals surface area contributed by atoms with Gasteiger partial charge in [-0.3, -0.25) is 4.79 Å². The fourth-order valence-electron chi connectivity index (χ4n) is 2.44. The van der Waals surface area contributed by atoms with Crippen molar-refractivity contribution in [2.45, 2.75) is 46.1 Å². The van der Waals surface area contributed by atoms with Gasteiger partial charge < -0.3 is 10.4 Å². The van der Waals surface area contributed by atoms with Crippen LogP contribution in [0.1, 0.15) is 50.5 Å². The normalized spacial score (nSPS) is 18.4.